The molecular formula is C18H20N4O6S. The monoisotopic (exact) mass is 420 g/mol. The molecule has 0 atom stereocenters. The zero-order chi connectivity index (χ0) is 21.6. The summed E-state index contributed by atoms with van der Waals surface area (Å²) in [7, 11) is 1.20. The SMILES string of the molecule is C=CCN1C(=O)/C(=C\C(=O)OC)S/C1=N\c1ncn(CC(C)=O)c1C(=O)OCC. The molecule has 0 unspecified atom stereocenters. The Morgan fingerprint density at radius 1 is 1.38 bits per heavy atom. The number of Topliss-reactive ketones (excluding diaryl/α,β-unsaturated/α-hetero) is 1. The van der Waals surface area contributed by atoms with Crippen molar-refractivity contribution in [1.82, 2.24) is 14.5 Å². The number of thioether (sulfide) groups is 1. The van der Waals surface area contributed by atoms with E-state index in [2.05, 4.69) is 21.3 Å². The van der Waals surface area contributed by atoms with Gasteiger partial charge in [0.1, 0.15) is 5.78 Å². The second-order valence-corrected chi connectivity index (χ2v) is 6.71. The standard InChI is InChI=1S/C18H20N4O6S/c1-5-7-22-16(25)12(8-13(24)27-4)29-18(22)20-15-14(17(26)28-6-2)21(10-19-15)9-11(3)23/h5,8,10H,1,6-7,9H2,2-4H3/b12-8+,20-18-. The average molecular weight is 420 g/mol. The summed E-state index contributed by atoms with van der Waals surface area (Å²) >= 11 is 0.933. The molecule has 1 aromatic heterocycles. The van der Waals surface area contributed by atoms with Crippen molar-refractivity contribution in [2.24, 2.45) is 4.99 Å². The van der Waals surface area contributed by atoms with Crippen LogP contribution in [-0.2, 0) is 30.4 Å². The van der Waals surface area contributed by atoms with E-state index < -0.39 is 17.8 Å². The van der Waals surface area contributed by atoms with Crippen LogP contribution in [0, 0.1) is 0 Å². The molecule has 0 bridgehead atoms. The van der Waals surface area contributed by atoms with Crippen LogP contribution in [0.25, 0.3) is 0 Å². The fourth-order valence-electron chi connectivity index (χ4n) is 2.36. The van der Waals surface area contributed by atoms with Crippen molar-refractivity contribution in [3.63, 3.8) is 0 Å². The summed E-state index contributed by atoms with van der Waals surface area (Å²) in [5, 5.41) is 0.198. The van der Waals surface area contributed by atoms with Gasteiger partial charge in [0.05, 0.1) is 31.5 Å². The highest BCUT2D eigenvalue weighted by Gasteiger charge is 2.34. The van der Waals surface area contributed by atoms with Gasteiger partial charge in [0.25, 0.3) is 5.91 Å². The number of imidazole rings is 1. The number of methoxy groups -OCH3 is 1. The molecule has 0 spiro atoms. The van der Waals surface area contributed by atoms with E-state index in [1.807, 2.05) is 0 Å². The van der Waals surface area contributed by atoms with Crippen molar-refractivity contribution < 1.29 is 28.7 Å². The average Bonchev–Trinajstić information content (AvgIpc) is 3.17. The van der Waals surface area contributed by atoms with Crippen LogP contribution in [0.1, 0.15) is 24.3 Å². The number of ether oxygens (including phenoxy) is 2. The number of aromatic nitrogens is 2. The number of esters is 2. The predicted octanol–water partition coefficient (Wildman–Crippen LogP) is 1.45. The van der Waals surface area contributed by atoms with Crippen LogP contribution in [0.2, 0.25) is 0 Å². The lowest BCUT2D eigenvalue weighted by molar-refractivity contribution is -0.135. The first-order chi connectivity index (χ1) is 13.8. The van der Waals surface area contributed by atoms with Crippen LogP contribution in [0.5, 0.6) is 0 Å². The largest absolute Gasteiger partial charge is 0.466 e. The van der Waals surface area contributed by atoms with E-state index in [9.17, 15) is 19.2 Å². The molecule has 1 fully saturated rings. The number of hydrogen-bond acceptors (Lipinski definition) is 9. The molecule has 1 amide bonds. The lowest BCUT2D eigenvalue weighted by Crippen LogP contribution is -2.29. The molecule has 1 aromatic rings. The van der Waals surface area contributed by atoms with Crippen molar-refractivity contribution >= 4 is 46.4 Å². The normalized spacial score (nSPS) is 16.4. The zero-order valence-electron chi connectivity index (χ0n) is 16.2. The molecule has 10 nitrogen and oxygen atoms in total. The summed E-state index contributed by atoms with van der Waals surface area (Å²) in [6.45, 7) is 6.81. The third-order valence-corrected chi connectivity index (χ3v) is 4.54. The lowest BCUT2D eigenvalue weighted by atomic mass is 10.3. The van der Waals surface area contributed by atoms with Crippen molar-refractivity contribution in [3.8, 4) is 0 Å². The van der Waals surface area contributed by atoms with Crippen molar-refractivity contribution in [3.05, 3.63) is 35.7 Å². The maximum absolute atomic E-state index is 12.6. The summed E-state index contributed by atoms with van der Waals surface area (Å²) < 4.78 is 10.9. The molecule has 0 aliphatic carbocycles. The van der Waals surface area contributed by atoms with Crippen molar-refractivity contribution in [1.29, 1.82) is 0 Å². The van der Waals surface area contributed by atoms with Gasteiger partial charge in [-0.3, -0.25) is 14.5 Å². The maximum atomic E-state index is 12.6. The molecule has 0 saturated carbocycles. The van der Waals surface area contributed by atoms with E-state index in [4.69, 9.17) is 4.74 Å². The zero-order valence-corrected chi connectivity index (χ0v) is 17.0. The minimum atomic E-state index is -0.694. The molecule has 0 radical (unpaired) electrons. The van der Waals surface area contributed by atoms with Gasteiger partial charge in [0.15, 0.2) is 16.7 Å². The van der Waals surface area contributed by atoms with Crippen molar-refractivity contribution in [2.75, 3.05) is 20.3 Å². The Kier molecular flexibility index (Phi) is 7.48. The Morgan fingerprint density at radius 3 is 2.69 bits per heavy atom. The van der Waals surface area contributed by atoms with Gasteiger partial charge in [0, 0.05) is 12.6 Å². The number of amidine groups is 1. The Hall–Kier alpha value is -3.21. The molecular weight excluding hydrogens is 400 g/mol. The number of amides is 1. The molecule has 154 valence electrons. The lowest BCUT2D eigenvalue weighted by Gasteiger charge is -2.12. The van der Waals surface area contributed by atoms with E-state index in [-0.39, 0.29) is 47.1 Å². The molecule has 0 aromatic carbocycles. The van der Waals surface area contributed by atoms with Crippen LogP contribution >= 0.6 is 11.8 Å². The minimum absolute atomic E-state index is 0.00613. The van der Waals surface area contributed by atoms with Gasteiger partial charge in [-0.25, -0.2) is 19.6 Å². The first-order valence-corrected chi connectivity index (χ1v) is 9.34. The fraction of sp³-hybridized carbons (Fsp3) is 0.333. The Bertz CT molecular complexity index is 917. The highest BCUT2D eigenvalue weighted by atomic mass is 32.2. The second-order valence-electron chi connectivity index (χ2n) is 5.70. The molecule has 0 N–H and O–H groups in total. The maximum Gasteiger partial charge on any atom is 0.358 e. The summed E-state index contributed by atoms with van der Waals surface area (Å²) in [6.07, 6.45) is 3.86. The van der Waals surface area contributed by atoms with Gasteiger partial charge in [-0.1, -0.05) is 6.08 Å². The van der Waals surface area contributed by atoms with E-state index in [0.717, 1.165) is 17.8 Å². The van der Waals surface area contributed by atoms with Gasteiger partial charge < -0.3 is 14.0 Å². The van der Waals surface area contributed by atoms with Crippen LogP contribution in [0.3, 0.4) is 0 Å². The minimum Gasteiger partial charge on any atom is -0.466 e. The predicted molar refractivity (Wildman–Crippen MR) is 106 cm³/mol. The van der Waals surface area contributed by atoms with Crippen molar-refractivity contribution in [2.45, 2.75) is 20.4 Å². The number of hydrogen-bond donors (Lipinski definition) is 0. The quantitative estimate of drug-likeness (QED) is 0.352. The number of nitrogens with zero attached hydrogens (tertiary/aromatic N) is 4. The van der Waals surface area contributed by atoms with Crippen LogP contribution in [0.4, 0.5) is 5.82 Å². The fourth-order valence-corrected chi connectivity index (χ4v) is 3.31. The molecule has 29 heavy (non-hydrogen) atoms. The summed E-state index contributed by atoms with van der Waals surface area (Å²) in [6, 6.07) is 0. The first kappa shape index (κ1) is 22.1. The topological polar surface area (TPSA) is 120 Å². The van der Waals surface area contributed by atoms with Gasteiger partial charge in [-0.15, -0.1) is 6.58 Å². The summed E-state index contributed by atoms with van der Waals surface area (Å²) in [5.74, 6) is -2.03. The number of rotatable bonds is 8. The Labute approximate surface area is 171 Å². The number of carbonyl (C=O) groups excluding carboxylic acids is 4. The Balaban J connectivity index is 2.51. The molecule has 1 saturated heterocycles. The molecule has 2 heterocycles. The smallest absolute Gasteiger partial charge is 0.358 e. The van der Waals surface area contributed by atoms with Crippen LogP contribution < -0.4 is 0 Å². The number of ketones is 1. The van der Waals surface area contributed by atoms with E-state index in [1.54, 1.807) is 6.92 Å². The Morgan fingerprint density at radius 2 is 2.10 bits per heavy atom. The van der Waals surface area contributed by atoms with Crippen LogP contribution in [-0.4, -0.2) is 63.5 Å². The highest BCUT2D eigenvalue weighted by molar-refractivity contribution is 8.18. The molecule has 11 heteroatoms. The number of carbonyl (C=O) groups is 4. The van der Waals surface area contributed by atoms with E-state index >= 15 is 0 Å². The summed E-state index contributed by atoms with van der Waals surface area (Å²) in [4.78, 5) is 57.8. The van der Waals surface area contributed by atoms with E-state index in [1.165, 1.54) is 35.9 Å². The third kappa shape index (κ3) is 5.19. The molecule has 1 aliphatic rings. The van der Waals surface area contributed by atoms with Gasteiger partial charge in [0.2, 0.25) is 0 Å². The van der Waals surface area contributed by atoms with Gasteiger partial charge in [-0.2, -0.15) is 0 Å². The van der Waals surface area contributed by atoms with Gasteiger partial charge >= 0.3 is 11.9 Å². The summed E-state index contributed by atoms with van der Waals surface area (Å²) in [5.41, 5.74) is -0.00782. The first-order valence-electron chi connectivity index (χ1n) is 8.52. The third-order valence-electron chi connectivity index (χ3n) is 3.53. The molecule has 2 rings (SSSR count). The molecule has 1 aliphatic heterocycles. The van der Waals surface area contributed by atoms with Gasteiger partial charge in [-0.05, 0) is 25.6 Å². The van der Waals surface area contributed by atoms with E-state index in [0.29, 0.717) is 0 Å². The number of aliphatic imine (C=N–C) groups is 1. The highest BCUT2D eigenvalue weighted by Crippen LogP contribution is 2.33. The van der Waals surface area contributed by atoms with Crippen LogP contribution in [0.15, 0.2) is 35.0 Å². The second kappa shape index (κ2) is 9.82.